The number of rotatable bonds is 4. The number of carbonyl (C=O) groups excluding carboxylic acids is 1. The molecular formula is C15H11BrClN3OS. The summed E-state index contributed by atoms with van der Waals surface area (Å²) in [6.45, 7) is 0. The summed E-state index contributed by atoms with van der Waals surface area (Å²) in [5.74, 6) is 0.196. The summed E-state index contributed by atoms with van der Waals surface area (Å²) in [5, 5.41) is 4.19. The highest BCUT2D eigenvalue weighted by Crippen LogP contribution is 2.22. The molecule has 7 heteroatoms. The Morgan fingerprint density at radius 2 is 2.18 bits per heavy atom. The number of thioether (sulfide) groups is 1. The zero-order valence-electron chi connectivity index (χ0n) is 11.3. The standard InChI is InChI=1S/C15H11BrClN3OS/c16-9-2-1-3-11(6-9)18-14(21)8-22-15-19-12-5-4-10(17)7-13(12)20-15/h1-7H,8H2,(H,18,21)(H,19,20). The lowest BCUT2D eigenvalue weighted by molar-refractivity contribution is -0.113. The van der Waals surface area contributed by atoms with E-state index in [0.29, 0.717) is 10.2 Å². The summed E-state index contributed by atoms with van der Waals surface area (Å²) in [7, 11) is 0. The number of imidazole rings is 1. The second-order valence-electron chi connectivity index (χ2n) is 4.55. The molecule has 1 heterocycles. The molecule has 0 saturated heterocycles. The van der Waals surface area contributed by atoms with Crippen molar-refractivity contribution >= 4 is 61.9 Å². The van der Waals surface area contributed by atoms with Crippen molar-refractivity contribution in [2.45, 2.75) is 5.16 Å². The predicted molar refractivity (Wildman–Crippen MR) is 94.6 cm³/mol. The minimum absolute atomic E-state index is 0.0819. The number of nitrogens with one attached hydrogen (secondary N) is 2. The first kappa shape index (κ1) is 15.4. The third kappa shape index (κ3) is 3.82. The number of nitrogens with zero attached hydrogens (tertiary/aromatic N) is 1. The number of aromatic amines is 1. The number of anilines is 1. The maximum atomic E-state index is 12.0. The summed E-state index contributed by atoms with van der Waals surface area (Å²) in [6.07, 6.45) is 0. The molecule has 0 aliphatic carbocycles. The fraction of sp³-hybridized carbons (Fsp3) is 0.0667. The Labute approximate surface area is 144 Å². The van der Waals surface area contributed by atoms with Crippen molar-refractivity contribution in [3.63, 3.8) is 0 Å². The number of H-pyrrole nitrogens is 1. The van der Waals surface area contributed by atoms with Crippen LogP contribution in [0.4, 0.5) is 5.69 Å². The van der Waals surface area contributed by atoms with E-state index >= 15 is 0 Å². The molecule has 112 valence electrons. The molecule has 1 amide bonds. The Hall–Kier alpha value is -1.50. The first-order valence-corrected chi connectivity index (χ1v) is 8.59. The Balaban J connectivity index is 1.62. The average Bonchev–Trinajstić information content (AvgIpc) is 2.87. The summed E-state index contributed by atoms with van der Waals surface area (Å²) >= 11 is 10.7. The molecule has 22 heavy (non-hydrogen) atoms. The lowest BCUT2D eigenvalue weighted by Crippen LogP contribution is -2.14. The Bertz CT molecular complexity index is 837. The van der Waals surface area contributed by atoms with Gasteiger partial charge in [-0.1, -0.05) is 45.4 Å². The molecule has 2 aromatic carbocycles. The Kier molecular flexibility index (Phi) is 4.71. The maximum Gasteiger partial charge on any atom is 0.234 e. The molecule has 4 nitrogen and oxygen atoms in total. The average molecular weight is 397 g/mol. The van der Waals surface area contributed by atoms with E-state index in [1.165, 1.54) is 11.8 Å². The van der Waals surface area contributed by atoms with Gasteiger partial charge in [0.2, 0.25) is 5.91 Å². The fourth-order valence-electron chi connectivity index (χ4n) is 1.92. The quantitative estimate of drug-likeness (QED) is 0.628. The van der Waals surface area contributed by atoms with Crippen LogP contribution in [0.25, 0.3) is 11.0 Å². The van der Waals surface area contributed by atoms with Crippen LogP contribution in [-0.4, -0.2) is 21.6 Å². The lowest BCUT2D eigenvalue weighted by Gasteiger charge is -2.04. The van der Waals surface area contributed by atoms with E-state index in [2.05, 4.69) is 31.2 Å². The fourth-order valence-corrected chi connectivity index (χ4v) is 3.18. The molecule has 1 aromatic heterocycles. The molecule has 3 rings (SSSR count). The van der Waals surface area contributed by atoms with Gasteiger partial charge in [-0.2, -0.15) is 0 Å². The molecular weight excluding hydrogens is 386 g/mol. The maximum absolute atomic E-state index is 12.0. The molecule has 0 aliphatic rings. The molecule has 0 fully saturated rings. The molecule has 0 saturated carbocycles. The van der Waals surface area contributed by atoms with Gasteiger partial charge in [-0.3, -0.25) is 4.79 Å². The topological polar surface area (TPSA) is 57.8 Å². The Morgan fingerprint density at radius 3 is 3.00 bits per heavy atom. The van der Waals surface area contributed by atoms with Crippen LogP contribution < -0.4 is 5.32 Å². The van der Waals surface area contributed by atoms with Crippen LogP contribution >= 0.6 is 39.3 Å². The second-order valence-corrected chi connectivity index (χ2v) is 6.87. The molecule has 2 N–H and O–H groups in total. The number of aromatic nitrogens is 2. The summed E-state index contributed by atoms with van der Waals surface area (Å²) in [5.41, 5.74) is 2.46. The number of amides is 1. The number of hydrogen-bond donors (Lipinski definition) is 2. The molecule has 0 aliphatic heterocycles. The van der Waals surface area contributed by atoms with Gasteiger partial charge in [0.05, 0.1) is 16.8 Å². The number of halogens is 2. The van der Waals surface area contributed by atoms with Crippen LogP contribution in [0, 0.1) is 0 Å². The van der Waals surface area contributed by atoms with E-state index in [4.69, 9.17) is 11.6 Å². The number of hydrogen-bond acceptors (Lipinski definition) is 3. The van der Waals surface area contributed by atoms with Gasteiger partial charge in [0.25, 0.3) is 0 Å². The van der Waals surface area contributed by atoms with Crippen molar-refractivity contribution in [3.05, 3.63) is 52.0 Å². The van der Waals surface area contributed by atoms with E-state index in [1.54, 1.807) is 6.07 Å². The minimum Gasteiger partial charge on any atom is -0.333 e. The second kappa shape index (κ2) is 6.73. The Morgan fingerprint density at radius 1 is 1.32 bits per heavy atom. The molecule has 0 spiro atoms. The van der Waals surface area contributed by atoms with Crippen molar-refractivity contribution in [2.24, 2.45) is 0 Å². The predicted octanol–water partition coefficient (Wildman–Crippen LogP) is 4.71. The van der Waals surface area contributed by atoms with Gasteiger partial charge in [-0.05, 0) is 36.4 Å². The smallest absolute Gasteiger partial charge is 0.234 e. The number of fused-ring (bicyclic) bond motifs is 1. The highest BCUT2D eigenvalue weighted by atomic mass is 79.9. The van der Waals surface area contributed by atoms with Crippen LogP contribution in [0.15, 0.2) is 52.1 Å². The van der Waals surface area contributed by atoms with Crippen LogP contribution in [0.5, 0.6) is 0 Å². The molecule has 0 bridgehead atoms. The van der Waals surface area contributed by atoms with Crippen molar-refractivity contribution in [1.29, 1.82) is 0 Å². The lowest BCUT2D eigenvalue weighted by atomic mass is 10.3. The van der Waals surface area contributed by atoms with Crippen LogP contribution in [0.3, 0.4) is 0 Å². The SMILES string of the molecule is O=C(CSc1nc2ccc(Cl)cc2[nH]1)Nc1cccc(Br)c1. The van der Waals surface area contributed by atoms with Crippen LogP contribution in [-0.2, 0) is 4.79 Å². The first-order valence-electron chi connectivity index (χ1n) is 6.44. The van der Waals surface area contributed by atoms with E-state index in [9.17, 15) is 4.79 Å². The van der Waals surface area contributed by atoms with Gasteiger partial charge >= 0.3 is 0 Å². The summed E-state index contributed by atoms with van der Waals surface area (Å²) in [4.78, 5) is 19.5. The van der Waals surface area contributed by atoms with Crippen molar-refractivity contribution in [3.8, 4) is 0 Å². The number of carbonyl (C=O) groups is 1. The highest BCUT2D eigenvalue weighted by Gasteiger charge is 2.08. The van der Waals surface area contributed by atoms with E-state index in [1.807, 2.05) is 36.4 Å². The van der Waals surface area contributed by atoms with Gasteiger partial charge in [0.1, 0.15) is 0 Å². The summed E-state index contributed by atoms with van der Waals surface area (Å²) in [6, 6.07) is 12.9. The third-order valence-corrected chi connectivity index (χ3v) is 4.47. The third-order valence-electron chi connectivity index (χ3n) is 2.87. The summed E-state index contributed by atoms with van der Waals surface area (Å²) < 4.78 is 0.923. The number of benzene rings is 2. The van der Waals surface area contributed by atoms with Gasteiger partial charge in [0.15, 0.2) is 5.16 Å². The van der Waals surface area contributed by atoms with Crippen molar-refractivity contribution < 1.29 is 4.79 Å². The monoisotopic (exact) mass is 395 g/mol. The van der Waals surface area contributed by atoms with Crippen molar-refractivity contribution in [1.82, 2.24) is 9.97 Å². The van der Waals surface area contributed by atoms with Gasteiger partial charge in [-0.25, -0.2) is 4.98 Å². The largest absolute Gasteiger partial charge is 0.333 e. The van der Waals surface area contributed by atoms with Gasteiger partial charge < -0.3 is 10.3 Å². The molecule has 0 radical (unpaired) electrons. The van der Waals surface area contributed by atoms with E-state index in [0.717, 1.165) is 21.2 Å². The molecule has 3 aromatic rings. The zero-order valence-corrected chi connectivity index (χ0v) is 14.4. The van der Waals surface area contributed by atoms with Crippen molar-refractivity contribution in [2.75, 3.05) is 11.1 Å². The zero-order chi connectivity index (χ0) is 15.5. The van der Waals surface area contributed by atoms with E-state index < -0.39 is 0 Å². The molecule has 0 unspecified atom stereocenters. The molecule has 0 atom stereocenters. The van der Waals surface area contributed by atoms with Crippen LogP contribution in [0.1, 0.15) is 0 Å². The highest BCUT2D eigenvalue weighted by molar-refractivity contribution is 9.10. The normalized spacial score (nSPS) is 10.8. The first-order chi connectivity index (χ1) is 10.6. The minimum atomic E-state index is -0.0819. The van der Waals surface area contributed by atoms with Crippen LogP contribution in [0.2, 0.25) is 5.02 Å². The van der Waals surface area contributed by atoms with Gasteiger partial charge in [0, 0.05) is 15.2 Å². The van der Waals surface area contributed by atoms with Gasteiger partial charge in [-0.15, -0.1) is 0 Å². The van der Waals surface area contributed by atoms with E-state index in [-0.39, 0.29) is 11.7 Å².